The molecule has 3 nitrogen and oxygen atoms in total. The van der Waals surface area contributed by atoms with Crippen LogP contribution in [0.5, 0.6) is 0 Å². The van der Waals surface area contributed by atoms with E-state index in [1.807, 2.05) is 7.05 Å². The summed E-state index contributed by atoms with van der Waals surface area (Å²) in [4.78, 5) is 0.220. The lowest BCUT2D eigenvalue weighted by molar-refractivity contribution is 0.392. The zero-order chi connectivity index (χ0) is 5.28. The van der Waals surface area contributed by atoms with Crippen LogP contribution in [0.15, 0.2) is 10.3 Å². The highest BCUT2D eigenvalue weighted by atomic mass is 79.9. The molecule has 0 bridgehead atoms. The van der Waals surface area contributed by atoms with Gasteiger partial charge in [0, 0.05) is 7.05 Å². The largest absolute Gasteiger partial charge is 0.279 e. The van der Waals surface area contributed by atoms with E-state index in [-0.39, 0.29) is 4.95 Å². The Hall–Kier alpha value is -0.120. The maximum absolute atomic E-state index is 3.78. The molecule has 0 amide bonds. The van der Waals surface area contributed by atoms with Gasteiger partial charge in [0.25, 0.3) is 0 Å². The van der Waals surface area contributed by atoms with Gasteiger partial charge in [-0.05, 0) is 0 Å². The lowest BCUT2D eigenvalue weighted by Gasteiger charge is -1.99. The predicted molar refractivity (Wildman–Crippen MR) is 30.2 cm³/mol. The van der Waals surface area contributed by atoms with Crippen LogP contribution in [0, 0.1) is 0 Å². The second-order valence-electron chi connectivity index (χ2n) is 1.48. The fourth-order valence-corrected chi connectivity index (χ4v) is 0.936. The molecule has 0 saturated carbocycles. The summed E-state index contributed by atoms with van der Waals surface area (Å²) in [7, 11) is 1.89. The van der Waals surface area contributed by atoms with Crippen molar-refractivity contribution in [1.82, 2.24) is 5.01 Å². The molecule has 1 heterocycles. The van der Waals surface area contributed by atoms with Crippen molar-refractivity contribution in [3.63, 3.8) is 0 Å². The number of hydrogen-bond donors (Lipinski definition) is 0. The highest BCUT2D eigenvalue weighted by molar-refractivity contribution is 9.09. The second kappa shape index (κ2) is 1.78. The molecule has 1 unspecified atom stereocenters. The van der Waals surface area contributed by atoms with Crippen LogP contribution in [0.1, 0.15) is 0 Å². The van der Waals surface area contributed by atoms with E-state index in [2.05, 4.69) is 26.3 Å². The van der Waals surface area contributed by atoms with Crippen LogP contribution >= 0.6 is 15.9 Å². The van der Waals surface area contributed by atoms with Gasteiger partial charge < -0.3 is 0 Å². The van der Waals surface area contributed by atoms with Crippen LogP contribution in [-0.4, -0.2) is 23.6 Å². The molecule has 0 N–H and O–H groups in total. The molecule has 1 atom stereocenters. The summed E-state index contributed by atoms with van der Waals surface area (Å²) in [5.41, 5.74) is 0. The fraction of sp³-hybridized carbons (Fsp3) is 1.00. The van der Waals surface area contributed by atoms with Crippen molar-refractivity contribution in [3.8, 4) is 0 Å². The first-order chi connectivity index (χ1) is 3.29. The van der Waals surface area contributed by atoms with E-state index in [1.54, 1.807) is 5.01 Å². The monoisotopic (exact) mass is 163 g/mol. The van der Waals surface area contributed by atoms with Crippen LogP contribution in [0.4, 0.5) is 0 Å². The number of likely N-dealkylation sites (N-methyl/N-ethyl adjacent to an activating group) is 1. The van der Waals surface area contributed by atoms with E-state index in [9.17, 15) is 0 Å². The molecule has 0 aromatic rings. The highest BCUT2D eigenvalue weighted by Crippen LogP contribution is 2.10. The molecule has 0 aliphatic carbocycles. The molecule has 7 heavy (non-hydrogen) atoms. The predicted octanol–water partition coefficient (Wildman–Crippen LogP) is 1.02. The van der Waals surface area contributed by atoms with E-state index in [4.69, 9.17) is 0 Å². The average molecular weight is 164 g/mol. The van der Waals surface area contributed by atoms with Crippen molar-refractivity contribution in [2.75, 3.05) is 13.6 Å². The van der Waals surface area contributed by atoms with Gasteiger partial charge in [0.05, 0.1) is 6.54 Å². The van der Waals surface area contributed by atoms with Gasteiger partial charge in [-0.1, -0.05) is 21.2 Å². The normalized spacial score (nSPS) is 29.4. The topological polar surface area (TPSA) is 28.0 Å². The Labute approximate surface area is 50.5 Å². The quantitative estimate of drug-likeness (QED) is 0.388. The minimum Gasteiger partial charge on any atom is -0.279 e. The minimum atomic E-state index is 0.220. The number of alkyl halides is 1. The van der Waals surface area contributed by atoms with Crippen molar-refractivity contribution in [2.24, 2.45) is 10.3 Å². The zero-order valence-corrected chi connectivity index (χ0v) is 5.59. The van der Waals surface area contributed by atoms with Crippen molar-refractivity contribution < 1.29 is 0 Å². The summed E-state index contributed by atoms with van der Waals surface area (Å²) < 4.78 is 0. The Morgan fingerprint density at radius 3 is 2.71 bits per heavy atom. The van der Waals surface area contributed by atoms with Crippen LogP contribution in [0.25, 0.3) is 0 Å². The molecule has 0 saturated heterocycles. The van der Waals surface area contributed by atoms with Crippen LogP contribution in [-0.2, 0) is 0 Å². The van der Waals surface area contributed by atoms with Gasteiger partial charge in [-0.15, -0.1) is 0 Å². The fourth-order valence-electron chi connectivity index (χ4n) is 0.435. The van der Waals surface area contributed by atoms with E-state index in [1.165, 1.54) is 0 Å². The van der Waals surface area contributed by atoms with Gasteiger partial charge in [0.1, 0.15) is 4.95 Å². The third-order valence-electron chi connectivity index (χ3n) is 0.745. The molecule has 0 radical (unpaired) electrons. The zero-order valence-electron chi connectivity index (χ0n) is 4.00. The Morgan fingerprint density at radius 1 is 1.86 bits per heavy atom. The number of halogens is 1. The molecule has 0 fully saturated rings. The lowest BCUT2D eigenvalue weighted by atomic mass is 10.7. The Kier molecular flexibility index (Phi) is 1.27. The van der Waals surface area contributed by atoms with E-state index in [0.29, 0.717) is 0 Å². The first kappa shape index (κ1) is 5.03. The summed E-state index contributed by atoms with van der Waals surface area (Å²) in [6.07, 6.45) is 0. The summed E-state index contributed by atoms with van der Waals surface area (Å²) in [5.74, 6) is 0. The van der Waals surface area contributed by atoms with Crippen molar-refractivity contribution >= 4 is 15.9 Å². The van der Waals surface area contributed by atoms with Gasteiger partial charge in [-0.3, -0.25) is 5.01 Å². The van der Waals surface area contributed by atoms with Crippen LogP contribution < -0.4 is 0 Å². The van der Waals surface area contributed by atoms with Gasteiger partial charge in [0.15, 0.2) is 0 Å². The summed E-state index contributed by atoms with van der Waals surface area (Å²) in [5, 5.41) is 9.30. The minimum absolute atomic E-state index is 0.220. The third-order valence-corrected chi connectivity index (χ3v) is 1.22. The first-order valence-electron chi connectivity index (χ1n) is 2.05. The van der Waals surface area contributed by atoms with Crippen LogP contribution in [0.2, 0.25) is 0 Å². The highest BCUT2D eigenvalue weighted by Gasteiger charge is 2.10. The second-order valence-corrected chi connectivity index (χ2v) is 2.54. The lowest BCUT2D eigenvalue weighted by Crippen LogP contribution is -2.11. The maximum atomic E-state index is 3.78. The maximum Gasteiger partial charge on any atom is 0.147 e. The standard InChI is InChI=1S/C3H6BrN3/c1-7-2-3(4)5-6-7/h3H,2H2,1H3. The molecular formula is C3H6BrN3. The molecule has 0 spiro atoms. The molecule has 1 aliphatic heterocycles. The molecule has 40 valence electrons. The number of nitrogens with zero attached hydrogens (tertiary/aromatic N) is 3. The van der Waals surface area contributed by atoms with Gasteiger partial charge >= 0.3 is 0 Å². The van der Waals surface area contributed by atoms with E-state index < -0.39 is 0 Å². The Balaban J connectivity index is 2.42. The first-order valence-corrected chi connectivity index (χ1v) is 2.96. The van der Waals surface area contributed by atoms with E-state index >= 15 is 0 Å². The van der Waals surface area contributed by atoms with Crippen molar-refractivity contribution in [2.45, 2.75) is 4.95 Å². The van der Waals surface area contributed by atoms with Crippen molar-refractivity contribution in [3.05, 3.63) is 0 Å². The van der Waals surface area contributed by atoms with Crippen molar-refractivity contribution in [1.29, 1.82) is 0 Å². The molecule has 0 aromatic heterocycles. The third kappa shape index (κ3) is 1.12. The SMILES string of the molecule is CN1CC(Br)N=N1. The summed E-state index contributed by atoms with van der Waals surface area (Å²) in [6.45, 7) is 0.889. The van der Waals surface area contributed by atoms with Crippen LogP contribution in [0.3, 0.4) is 0 Å². The van der Waals surface area contributed by atoms with Gasteiger partial charge in [-0.2, -0.15) is 5.11 Å². The molecule has 0 aromatic carbocycles. The smallest absolute Gasteiger partial charge is 0.147 e. The summed E-state index contributed by atoms with van der Waals surface area (Å²) in [6, 6.07) is 0. The van der Waals surface area contributed by atoms with Gasteiger partial charge in [-0.25, -0.2) is 0 Å². The number of hydrogen-bond acceptors (Lipinski definition) is 3. The molecule has 1 rings (SSSR count). The van der Waals surface area contributed by atoms with Gasteiger partial charge in [0.2, 0.25) is 0 Å². The van der Waals surface area contributed by atoms with E-state index in [0.717, 1.165) is 6.54 Å². The molecular weight excluding hydrogens is 158 g/mol. The summed E-state index contributed by atoms with van der Waals surface area (Å²) >= 11 is 3.28. The average Bonchev–Trinajstić information content (AvgIpc) is 1.87. The Bertz CT molecular complexity index is 82.2. The molecule has 4 heteroatoms. The molecule has 1 aliphatic rings. The Morgan fingerprint density at radius 2 is 2.57 bits per heavy atom. The number of rotatable bonds is 0.